The van der Waals surface area contributed by atoms with Crippen LogP contribution in [0.2, 0.25) is 0 Å². The number of carbonyl (C=O) groups is 1. The minimum Gasteiger partial charge on any atom is -0.339 e. The molecule has 0 saturated heterocycles. The predicted octanol–water partition coefficient (Wildman–Crippen LogP) is 2.43. The maximum Gasteiger partial charge on any atom is 0.222 e. The Balaban J connectivity index is 1.87. The molecular formula is C16H22N2O. The lowest BCUT2D eigenvalue weighted by Gasteiger charge is -2.26. The van der Waals surface area contributed by atoms with Crippen molar-refractivity contribution in [3.63, 3.8) is 0 Å². The third-order valence-corrected chi connectivity index (χ3v) is 3.55. The first-order valence-corrected chi connectivity index (χ1v) is 7.03. The van der Waals surface area contributed by atoms with E-state index in [1.165, 1.54) is 11.1 Å². The van der Waals surface area contributed by atoms with E-state index in [2.05, 4.69) is 30.3 Å². The second kappa shape index (κ2) is 7.10. The molecule has 0 unspecified atom stereocenters. The Bertz CT molecular complexity index is 439. The van der Waals surface area contributed by atoms with Crippen LogP contribution in [0.4, 0.5) is 0 Å². The Kier molecular flexibility index (Phi) is 5.16. The largest absolute Gasteiger partial charge is 0.339 e. The normalized spacial score (nSPS) is 15.2. The van der Waals surface area contributed by atoms with Gasteiger partial charge in [0.05, 0.1) is 0 Å². The van der Waals surface area contributed by atoms with E-state index in [-0.39, 0.29) is 5.91 Å². The molecule has 0 fully saturated rings. The van der Waals surface area contributed by atoms with Gasteiger partial charge in [-0.05, 0) is 36.9 Å². The first-order chi connectivity index (χ1) is 9.31. The molecule has 1 amide bonds. The van der Waals surface area contributed by atoms with Crippen LogP contribution in [0.5, 0.6) is 0 Å². The molecule has 3 heteroatoms. The summed E-state index contributed by atoms with van der Waals surface area (Å²) >= 11 is 0. The molecule has 102 valence electrons. The summed E-state index contributed by atoms with van der Waals surface area (Å²) in [6, 6.07) is 10.4. The first kappa shape index (κ1) is 13.8. The lowest BCUT2D eigenvalue weighted by molar-refractivity contribution is -0.130. The maximum atomic E-state index is 12.0. The summed E-state index contributed by atoms with van der Waals surface area (Å²) in [5, 5.41) is 0. The number of nitrogens with zero attached hydrogens (tertiary/aromatic N) is 1. The summed E-state index contributed by atoms with van der Waals surface area (Å²) in [5.74, 6) is 0.261. The van der Waals surface area contributed by atoms with Gasteiger partial charge in [0.2, 0.25) is 5.91 Å². The Morgan fingerprint density at radius 1 is 1.21 bits per heavy atom. The zero-order valence-electron chi connectivity index (χ0n) is 11.3. The molecule has 2 N–H and O–H groups in total. The van der Waals surface area contributed by atoms with Crippen LogP contribution in [-0.2, 0) is 4.79 Å². The van der Waals surface area contributed by atoms with Crippen LogP contribution in [0.3, 0.4) is 0 Å². The molecule has 0 spiro atoms. The van der Waals surface area contributed by atoms with Crippen molar-refractivity contribution < 1.29 is 4.79 Å². The molecule has 0 saturated carbocycles. The van der Waals surface area contributed by atoms with E-state index in [0.717, 1.165) is 32.4 Å². The number of unbranched alkanes of at least 4 members (excludes halogenated alkanes) is 1. The fourth-order valence-corrected chi connectivity index (χ4v) is 2.39. The van der Waals surface area contributed by atoms with E-state index in [4.69, 9.17) is 5.73 Å². The standard InChI is InChI=1S/C16H22N2O/c17-11-5-4-8-16(19)18-12-9-15(10-13-18)14-6-2-1-3-7-14/h1-3,6-7,9H,4-5,8,10-13,17H2. The van der Waals surface area contributed by atoms with Gasteiger partial charge in [0.15, 0.2) is 0 Å². The second-order valence-electron chi connectivity index (χ2n) is 4.93. The lowest BCUT2D eigenvalue weighted by Crippen LogP contribution is -2.34. The SMILES string of the molecule is NCCCCC(=O)N1CC=C(c2ccccc2)CC1. The smallest absolute Gasteiger partial charge is 0.222 e. The molecular weight excluding hydrogens is 236 g/mol. The van der Waals surface area contributed by atoms with Gasteiger partial charge in [0.1, 0.15) is 0 Å². The molecule has 2 rings (SSSR count). The van der Waals surface area contributed by atoms with Crippen LogP contribution < -0.4 is 5.73 Å². The molecule has 1 aliphatic heterocycles. The molecule has 0 bridgehead atoms. The van der Waals surface area contributed by atoms with E-state index >= 15 is 0 Å². The molecule has 0 aliphatic carbocycles. The zero-order chi connectivity index (χ0) is 13.5. The van der Waals surface area contributed by atoms with Gasteiger partial charge in [0.25, 0.3) is 0 Å². The number of amides is 1. The summed E-state index contributed by atoms with van der Waals surface area (Å²) in [7, 11) is 0. The number of carbonyl (C=O) groups excluding carboxylic acids is 1. The number of hydrogen-bond donors (Lipinski definition) is 1. The quantitative estimate of drug-likeness (QED) is 0.824. The minimum atomic E-state index is 0.261. The van der Waals surface area contributed by atoms with Gasteiger partial charge >= 0.3 is 0 Å². The molecule has 0 aromatic heterocycles. The van der Waals surface area contributed by atoms with Crippen molar-refractivity contribution in [1.29, 1.82) is 0 Å². The summed E-state index contributed by atoms with van der Waals surface area (Å²) in [6.45, 7) is 2.25. The molecule has 19 heavy (non-hydrogen) atoms. The van der Waals surface area contributed by atoms with Crippen molar-refractivity contribution in [3.05, 3.63) is 42.0 Å². The van der Waals surface area contributed by atoms with Gasteiger partial charge < -0.3 is 10.6 Å². The molecule has 1 aromatic carbocycles. The van der Waals surface area contributed by atoms with E-state index < -0.39 is 0 Å². The molecule has 0 radical (unpaired) electrons. The number of rotatable bonds is 5. The van der Waals surface area contributed by atoms with Crippen molar-refractivity contribution in [2.75, 3.05) is 19.6 Å². The highest BCUT2D eigenvalue weighted by Crippen LogP contribution is 2.22. The molecule has 1 aromatic rings. The van der Waals surface area contributed by atoms with Gasteiger partial charge in [-0.15, -0.1) is 0 Å². The Hall–Kier alpha value is -1.61. The van der Waals surface area contributed by atoms with E-state index in [9.17, 15) is 4.79 Å². The fraction of sp³-hybridized carbons (Fsp3) is 0.438. The van der Waals surface area contributed by atoms with Gasteiger partial charge in [-0.1, -0.05) is 36.4 Å². The predicted molar refractivity (Wildman–Crippen MR) is 78.5 cm³/mol. The van der Waals surface area contributed by atoms with Crippen LogP contribution in [0.15, 0.2) is 36.4 Å². The maximum absolute atomic E-state index is 12.0. The topological polar surface area (TPSA) is 46.3 Å². The third-order valence-electron chi connectivity index (χ3n) is 3.55. The van der Waals surface area contributed by atoms with E-state index in [0.29, 0.717) is 13.0 Å². The van der Waals surface area contributed by atoms with Gasteiger partial charge in [-0.2, -0.15) is 0 Å². The highest BCUT2D eigenvalue weighted by atomic mass is 16.2. The summed E-state index contributed by atoms with van der Waals surface area (Å²) in [4.78, 5) is 13.9. The van der Waals surface area contributed by atoms with Crippen LogP contribution in [0, 0.1) is 0 Å². The van der Waals surface area contributed by atoms with Crippen LogP contribution in [-0.4, -0.2) is 30.4 Å². The summed E-state index contributed by atoms with van der Waals surface area (Å²) in [5.41, 5.74) is 8.07. The number of hydrogen-bond acceptors (Lipinski definition) is 2. The monoisotopic (exact) mass is 258 g/mol. The van der Waals surface area contributed by atoms with Gasteiger partial charge in [0, 0.05) is 19.5 Å². The minimum absolute atomic E-state index is 0.261. The molecule has 1 aliphatic rings. The van der Waals surface area contributed by atoms with E-state index in [1.54, 1.807) is 0 Å². The highest BCUT2D eigenvalue weighted by Gasteiger charge is 2.17. The Labute approximate surface area is 115 Å². The average molecular weight is 258 g/mol. The first-order valence-electron chi connectivity index (χ1n) is 7.03. The van der Waals surface area contributed by atoms with Crippen LogP contribution in [0.1, 0.15) is 31.2 Å². The molecule has 1 heterocycles. The zero-order valence-corrected chi connectivity index (χ0v) is 11.3. The molecule has 0 atom stereocenters. The van der Waals surface area contributed by atoms with Crippen molar-refractivity contribution in [1.82, 2.24) is 4.90 Å². The van der Waals surface area contributed by atoms with Crippen molar-refractivity contribution in [2.45, 2.75) is 25.7 Å². The van der Waals surface area contributed by atoms with Crippen LogP contribution in [0.25, 0.3) is 5.57 Å². The lowest BCUT2D eigenvalue weighted by atomic mass is 9.99. The van der Waals surface area contributed by atoms with Gasteiger partial charge in [-0.25, -0.2) is 0 Å². The van der Waals surface area contributed by atoms with Gasteiger partial charge in [-0.3, -0.25) is 4.79 Å². The average Bonchev–Trinajstić information content (AvgIpc) is 2.48. The van der Waals surface area contributed by atoms with Crippen molar-refractivity contribution >= 4 is 11.5 Å². The van der Waals surface area contributed by atoms with Crippen molar-refractivity contribution in [3.8, 4) is 0 Å². The van der Waals surface area contributed by atoms with Crippen LogP contribution >= 0.6 is 0 Å². The third kappa shape index (κ3) is 3.93. The van der Waals surface area contributed by atoms with Crippen molar-refractivity contribution in [2.24, 2.45) is 5.73 Å². The summed E-state index contributed by atoms with van der Waals surface area (Å²) < 4.78 is 0. The Morgan fingerprint density at radius 2 is 2.00 bits per heavy atom. The highest BCUT2D eigenvalue weighted by molar-refractivity contribution is 5.78. The number of nitrogens with two attached hydrogens (primary N) is 1. The Morgan fingerprint density at radius 3 is 2.63 bits per heavy atom. The second-order valence-corrected chi connectivity index (χ2v) is 4.93. The van der Waals surface area contributed by atoms with E-state index in [1.807, 2.05) is 11.0 Å². The fourth-order valence-electron chi connectivity index (χ4n) is 2.39. The summed E-state index contributed by atoms with van der Waals surface area (Å²) in [6.07, 6.45) is 5.60. The molecule has 3 nitrogen and oxygen atoms in total. The number of benzene rings is 1.